The average Bonchev–Trinajstić information content (AvgIpc) is 3.13. The van der Waals surface area contributed by atoms with Gasteiger partial charge in [-0.3, -0.25) is 4.79 Å². The summed E-state index contributed by atoms with van der Waals surface area (Å²) < 4.78 is 5.27. The Morgan fingerprint density at radius 1 is 1.19 bits per heavy atom. The molecule has 1 fully saturated rings. The molecule has 27 heavy (non-hydrogen) atoms. The van der Waals surface area contributed by atoms with Gasteiger partial charge in [0.2, 0.25) is 5.91 Å². The van der Waals surface area contributed by atoms with Crippen LogP contribution in [-0.4, -0.2) is 24.5 Å². The maximum absolute atomic E-state index is 13.2. The number of thiazole rings is 1. The van der Waals surface area contributed by atoms with Crippen LogP contribution in [0.5, 0.6) is 5.75 Å². The lowest BCUT2D eigenvalue weighted by molar-refractivity contribution is -0.128. The number of carbonyl (C=O) groups excluding carboxylic acids is 1. The molecule has 0 bridgehead atoms. The Bertz CT molecular complexity index is 733. The Hall–Kier alpha value is -1.88. The lowest BCUT2D eigenvalue weighted by Gasteiger charge is -2.36. The summed E-state index contributed by atoms with van der Waals surface area (Å²) in [5.74, 6) is 1.03. The third kappa shape index (κ3) is 4.89. The maximum Gasteiger partial charge on any atom is 0.230 e. The first kappa shape index (κ1) is 19.9. The van der Waals surface area contributed by atoms with Crippen LogP contribution in [0.25, 0.3) is 0 Å². The van der Waals surface area contributed by atoms with E-state index >= 15 is 0 Å². The quantitative estimate of drug-likeness (QED) is 0.663. The minimum atomic E-state index is -0.378. The maximum atomic E-state index is 13.2. The van der Waals surface area contributed by atoms with Crippen LogP contribution in [0.15, 0.2) is 29.6 Å². The molecular weight excluding hydrogens is 356 g/mol. The van der Waals surface area contributed by atoms with Gasteiger partial charge in [-0.25, -0.2) is 4.98 Å². The highest BCUT2D eigenvalue weighted by Crippen LogP contribution is 2.40. The number of amides is 1. The van der Waals surface area contributed by atoms with E-state index in [0.29, 0.717) is 0 Å². The number of aryl methyl sites for hydroxylation is 2. The highest BCUT2D eigenvalue weighted by atomic mass is 32.1. The van der Waals surface area contributed by atoms with Gasteiger partial charge in [0, 0.05) is 17.6 Å². The van der Waals surface area contributed by atoms with Crippen molar-refractivity contribution < 1.29 is 9.53 Å². The van der Waals surface area contributed by atoms with E-state index in [9.17, 15) is 4.79 Å². The molecule has 1 saturated carbocycles. The zero-order valence-corrected chi connectivity index (χ0v) is 17.2. The van der Waals surface area contributed by atoms with Crippen LogP contribution in [0.3, 0.4) is 0 Å². The van der Waals surface area contributed by atoms with Gasteiger partial charge >= 0.3 is 0 Å². The second-order valence-electron chi connectivity index (χ2n) is 7.47. The fourth-order valence-corrected chi connectivity index (χ4v) is 4.82. The fourth-order valence-electron chi connectivity index (χ4n) is 4.00. The van der Waals surface area contributed by atoms with Crippen molar-refractivity contribution in [3.8, 4) is 5.75 Å². The molecule has 0 aliphatic heterocycles. The van der Waals surface area contributed by atoms with Crippen molar-refractivity contribution >= 4 is 17.2 Å². The fraction of sp³-hybridized carbons (Fsp3) is 0.545. The minimum Gasteiger partial charge on any atom is -0.497 e. The number of aromatic nitrogens is 1. The summed E-state index contributed by atoms with van der Waals surface area (Å²) in [7, 11) is 1.67. The molecule has 146 valence electrons. The number of benzene rings is 1. The highest BCUT2D eigenvalue weighted by molar-refractivity contribution is 7.09. The minimum absolute atomic E-state index is 0.192. The van der Waals surface area contributed by atoms with Crippen LogP contribution >= 0.6 is 11.3 Å². The van der Waals surface area contributed by atoms with Gasteiger partial charge in [0.1, 0.15) is 5.75 Å². The largest absolute Gasteiger partial charge is 0.497 e. The third-order valence-corrected chi connectivity index (χ3v) is 6.58. The van der Waals surface area contributed by atoms with Crippen molar-refractivity contribution in [2.45, 2.75) is 63.7 Å². The molecule has 0 spiro atoms. The molecule has 0 radical (unpaired) electrons. The van der Waals surface area contributed by atoms with E-state index in [4.69, 9.17) is 4.74 Å². The zero-order chi connectivity index (χ0) is 19.1. The molecule has 1 aliphatic carbocycles. The van der Waals surface area contributed by atoms with Gasteiger partial charge in [0.05, 0.1) is 17.5 Å². The number of hydrogen-bond acceptors (Lipinski definition) is 4. The van der Waals surface area contributed by atoms with E-state index in [2.05, 4.69) is 27.8 Å². The van der Waals surface area contributed by atoms with Crippen LogP contribution in [0.2, 0.25) is 0 Å². The SMILES string of the molecule is COc1ccc(C2(C(=O)NCCCCc3nc(C)cs3)CCCCC2)cc1. The van der Waals surface area contributed by atoms with Crippen LogP contribution in [0.1, 0.15) is 61.2 Å². The monoisotopic (exact) mass is 386 g/mol. The summed E-state index contributed by atoms with van der Waals surface area (Å²) in [5.41, 5.74) is 1.84. The number of rotatable bonds is 8. The van der Waals surface area contributed by atoms with E-state index in [1.807, 2.05) is 19.1 Å². The number of ether oxygens (including phenoxy) is 1. The number of unbranched alkanes of at least 4 members (excludes halogenated alkanes) is 1. The first-order valence-electron chi connectivity index (χ1n) is 9.98. The second-order valence-corrected chi connectivity index (χ2v) is 8.41. The van der Waals surface area contributed by atoms with E-state index in [-0.39, 0.29) is 11.3 Å². The molecule has 1 aromatic heterocycles. The predicted octanol–water partition coefficient (Wildman–Crippen LogP) is 4.80. The predicted molar refractivity (Wildman–Crippen MR) is 111 cm³/mol. The summed E-state index contributed by atoms with van der Waals surface area (Å²) in [4.78, 5) is 17.7. The van der Waals surface area contributed by atoms with Gasteiger partial charge < -0.3 is 10.1 Å². The molecule has 4 nitrogen and oxygen atoms in total. The lowest BCUT2D eigenvalue weighted by Crippen LogP contribution is -2.46. The Kier molecular flexibility index (Phi) is 6.89. The van der Waals surface area contributed by atoms with E-state index in [0.717, 1.165) is 68.5 Å². The van der Waals surface area contributed by atoms with E-state index in [1.54, 1.807) is 18.4 Å². The summed E-state index contributed by atoms with van der Waals surface area (Å²) in [6.07, 6.45) is 8.36. The number of nitrogens with one attached hydrogen (secondary N) is 1. The van der Waals surface area contributed by atoms with Crippen molar-refractivity contribution in [2.24, 2.45) is 0 Å². The Morgan fingerprint density at radius 3 is 2.56 bits per heavy atom. The molecule has 1 aromatic carbocycles. The molecule has 3 rings (SSSR count). The molecule has 2 aromatic rings. The standard InChI is InChI=1S/C22H30N2O2S/c1-17-16-27-20(24-17)8-4-7-15-23-21(25)22(13-5-3-6-14-22)18-9-11-19(26-2)12-10-18/h9-12,16H,3-8,13-15H2,1-2H3,(H,23,25). The van der Waals surface area contributed by atoms with Crippen LogP contribution in [-0.2, 0) is 16.6 Å². The van der Waals surface area contributed by atoms with Crippen molar-refractivity contribution in [1.29, 1.82) is 0 Å². The van der Waals surface area contributed by atoms with E-state index < -0.39 is 0 Å². The number of carbonyl (C=O) groups is 1. The molecule has 0 saturated heterocycles. The molecule has 1 N–H and O–H groups in total. The smallest absolute Gasteiger partial charge is 0.230 e. The lowest BCUT2D eigenvalue weighted by atomic mass is 9.68. The topological polar surface area (TPSA) is 51.2 Å². The summed E-state index contributed by atoms with van der Waals surface area (Å²) >= 11 is 1.73. The first-order chi connectivity index (χ1) is 13.1. The van der Waals surface area contributed by atoms with Crippen molar-refractivity contribution in [3.05, 3.63) is 45.9 Å². The molecule has 1 aliphatic rings. The molecule has 1 heterocycles. The highest BCUT2D eigenvalue weighted by Gasteiger charge is 2.40. The number of hydrogen-bond donors (Lipinski definition) is 1. The van der Waals surface area contributed by atoms with Gasteiger partial charge in [0.25, 0.3) is 0 Å². The zero-order valence-electron chi connectivity index (χ0n) is 16.4. The van der Waals surface area contributed by atoms with Gasteiger partial charge in [-0.05, 0) is 56.7 Å². The molecule has 0 atom stereocenters. The normalized spacial score (nSPS) is 16.1. The summed E-state index contributed by atoms with van der Waals surface area (Å²) in [5, 5.41) is 6.52. The molecule has 0 unspecified atom stereocenters. The summed E-state index contributed by atoms with van der Waals surface area (Å²) in [6.45, 7) is 2.77. The number of methoxy groups -OCH3 is 1. The first-order valence-corrected chi connectivity index (χ1v) is 10.9. The van der Waals surface area contributed by atoms with Crippen molar-refractivity contribution in [1.82, 2.24) is 10.3 Å². The van der Waals surface area contributed by atoms with Crippen LogP contribution in [0.4, 0.5) is 0 Å². The Labute approximate surface area is 166 Å². The van der Waals surface area contributed by atoms with Gasteiger partial charge in [-0.2, -0.15) is 0 Å². The van der Waals surface area contributed by atoms with Crippen molar-refractivity contribution in [2.75, 3.05) is 13.7 Å². The molecule has 1 amide bonds. The van der Waals surface area contributed by atoms with Crippen molar-refractivity contribution in [3.63, 3.8) is 0 Å². The summed E-state index contributed by atoms with van der Waals surface area (Å²) in [6, 6.07) is 8.06. The van der Waals surface area contributed by atoms with Crippen LogP contribution in [0, 0.1) is 6.92 Å². The Balaban J connectivity index is 1.56. The third-order valence-electron chi connectivity index (χ3n) is 5.55. The van der Waals surface area contributed by atoms with Crippen LogP contribution < -0.4 is 10.1 Å². The molecule has 5 heteroatoms. The second kappa shape index (κ2) is 9.36. The van der Waals surface area contributed by atoms with E-state index in [1.165, 1.54) is 11.4 Å². The van der Waals surface area contributed by atoms with Gasteiger partial charge in [0.15, 0.2) is 0 Å². The Morgan fingerprint density at radius 2 is 1.93 bits per heavy atom. The number of nitrogens with zero attached hydrogens (tertiary/aromatic N) is 1. The average molecular weight is 387 g/mol. The molecular formula is C22H30N2O2S. The van der Waals surface area contributed by atoms with Gasteiger partial charge in [-0.1, -0.05) is 31.4 Å². The van der Waals surface area contributed by atoms with Gasteiger partial charge in [-0.15, -0.1) is 11.3 Å².